The van der Waals surface area contributed by atoms with Crippen molar-refractivity contribution in [1.82, 2.24) is 19.7 Å². The number of benzene rings is 2. The molecule has 1 saturated heterocycles. The lowest BCUT2D eigenvalue weighted by Crippen LogP contribution is -2.45. The first kappa shape index (κ1) is 31.1. The number of carbonyl (C=O) groups is 4. The van der Waals surface area contributed by atoms with Crippen LogP contribution in [-0.2, 0) is 22.7 Å². The standard InChI is InChI=1S/C30H32ClF3N4O4/c1-18(2)38(15-26(40)35-13-21-6-4-7-24(31)28(21)32)27(41)16-37-14-23(19(3)39)22-12-20(8-9-25(22)37)29(42)36-11-5-10-30(33,34)17-36/h4,6-9,12,14,18H,5,10-11,13,15-17H2,1-3H3,(H,35,40). The second-order valence-corrected chi connectivity index (χ2v) is 11.2. The first-order valence-electron chi connectivity index (χ1n) is 13.6. The van der Waals surface area contributed by atoms with Crippen LogP contribution in [-0.4, -0.2) is 69.5 Å². The molecule has 0 spiro atoms. The minimum atomic E-state index is -2.95. The molecule has 0 unspecified atom stereocenters. The van der Waals surface area contributed by atoms with Crippen LogP contribution < -0.4 is 5.32 Å². The van der Waals surface area contributed by atoms with Gasteiger partial charge in [-0.25, -0.2) is 13.2 Å². The van der Waals surface area contributed by atoms with Crippen LogP contribution in [0.3, 0.4) is 0 Å². The molecule has 0 radical (unpaired) electrons. The Labute approximate surface area is 246 Å². The Morgan fingerprint density at radius 3 is 2.55 bits per heavy atom. The molecule has 4 rings (SSSR count). The Kier molecular flexibility index (Phi) is 9.30. The number of Topliss-reactive ketones (excluding diaryl/α,β-unsaturated/α-hetero) is 1. The highest BCUT2D eigenvalue weighted by molar-refractivity contribution is 6.30. The topological polar surface area (TPSA) is 91.7 Å². The first-order valence-corrected chi connectivity index (χ1v) is 13.9. The third-order valence-corrected chi connectivity index (χ3v) is 7.55. The summed E-state index contributed by atoms with van der Waals surface area (Å²) in [6.45, 7) is 3.82. The minimum Gasteiger partial charge on any atom is -0.350 e. The van der Waals surface area contributed by atoms with Crippen LogP contribution in [0.2, 0.25) is 5.02 Å². The number of rotatable bonds is 9. The van der Waals surface area contributed by atoms with E-state index in [9.17, 15) is 32.3 Å². The largest absolute Gasteiger partial charge is 0.350 e. The van der Waals surface area contributed by atoms with Gasteiger partial charge in [0.25, 0.3) is 11.8 Å². The predicted octanol–water partition coefficient (Wildman–Crippen LogP) is 5.06. The Morgan fingerprint density at radius 1 is 1.14 bits per heavy atom. The average molecular weight is 605 g/mol. The van der Waals surface area contributed by atoms with Gasteiger partial charge in [-0.1, -0.05) is 23.7 Å². The van der Waals surface area contributed by atoms with Crippen molar-refractivity contribution < 1.29 is 32.3 Å². The molecule has 1 N–H and O–H groups in total. The van der Waals surface area contributed by atoms with Crippen molar-refractivity contribution in [3.8, 4) is 0 Å². The Balaban J connectivity index is 1.51. The molecule has 2 heterocycles. The molecule has 2 aromatic carbocycles. The van der Waals surface area contributed by atoms with E-state index in [-0.39, 0.29) is 72.6 Å². The summed E-state index contributed by atoms with van der Waals surface area (Å²) in [6.07, 6.45) is 1.44. The molecular formula is C30H32ClF3N4O4. The van der Waals surface area contributed by atoms with E-state index in [2.05, 4.69) is 5.32 Å². The maximum atomic E-state index is 14.2. The summed E-state index contributed by atoms with van der Waals surface area (Å²) in [5, 5.41) is 2.96. The van der Waals surface area contributed by atoms with E-state index >= 15 is 0 Å². The highest BCUT2D eigenvalue weighted by atomic mass is 35.5. The summed E-state index contributed by atoms with van der Waals surface area (Å²) in [4.78, 5) is 54.0. The van der Waals surface area contributed by atoms with Gasteiger partial charge in [-0.2, -0.15) is 0 Å². The van der Waals surface area contributed by atoms with E-state index in [4.69, 9.17) is 11.6 Å². The van der Waals surface area contributed by atoms with Crippen LogP contribution in [0, 0.1) is 5.82 Å². The Bertz CT molecular complexity index is 1540. The number of piperidine rings is 1. The van der Waals surface area contributed by atoms with Gasteiger partial charge in [-0.15, -0.1) is 0 Å². The SMILES string of the molecule is CC(=O)c1cn(CC(=O)N(CC(=O)NCc2cccc(Cl)c2F)C(C)C)c2ccc(C(=O)N3CCCC(F)(F)C3)cc12. The minimum absolute atomic E-state index is 0.0610. The lowest BCUT2D eigenvalue weighted by molar-refractivity contribution is -0.138. The number of likely N-dealkylation sites (tertiary alicyclic amines) is 1. The molecule has 8 nitrogen and oxygen atoms in total. The molecule has 1 fully saturated rings. The monoisotopic (exact) mass is 604 g/mol. The van der Waals surface area contributed by atoms with Gasteiger partial charge in [0.2, 0.25) is 11.8 Å². The number of ketones is 1. The van der Waals surface area contributed by atoms with Crippen molar-refractivity contribution in [2.24, 2.45) is 0 Å². The fraction of sp³-hybridized carbons (Fsp3) is 0.400. The molecule has 12 heteroatoms. The number of nitrogens with zero attached hydrogens (tertiary/aromatic N) is 3. The molecule has 1 aliphatic heterocycles. The summed E-state index contributed by atoms with van der Waals surface area (Å²) in [5.74, 6) is -5.33. The van der Waals surface area contributed by atoms with Gasteiger partial charge in [0.1, 0.15) is 12.4 Å². The fourth-order valence-electron chi connectivity index (χ4n) is 5.05. The van der Waals surface area contributed by atoms with Crippen molar-refractivity contribution in [3.63, 3.8) is 0 Å². The molecule has 0 aliphatic carbocycles. The lowest BCUT2D eigenvalue weighted by atomic mass is 10.0. The second kappa shape index (κ2) is 12.6. The van der Waals surface area contributed by atoms with E-state index in [0.29, 0.717) is 10.9 Å². The number of hydrogen-bond acceptors (Lipinski definition) is 4. The van der Waals surface area contributed by atoms with Crippen LogP contribution in [0.4, 0.5) is 13.2 Å². The second-order valence-electron chi connectivity index (χ2n) is 10.8. The third kappa shape index (κ3) is 6.95. The molecule has 3 aromatic rings. The highest BCUT2D eigenvalue weighted by Gasteiger charge is 2.37. The molecule has 1 aliphatic rings. The fourth-order valence-corrected chi connectivity index (χ4v) is 5.24. The van der Waals surface area contributed by atoms with Crippen LogP contribution in [0.25, 0.3) is 10.9 Å². The van der Waals surface area contributed by atoms with Gasteiger partial charge in [-0.05, 0) is 51.5 Å². The van der Waals surface area contributed by atoms with Crippen molar-refractivity contribution in [3.05, 3.63) is 70.1 Å². The molecule has 0 saturated carbocycles. The molecule has 42 heavy (non-hydrogen) atoms. The maximum Gasteiger partial charge on any atom is 0.265 e. The molecule has 0 bridgehead atoms. The van der Waals surface area contributed by atoms with Gasteiger partial charge in [0.15, 0.2) is 5.78 Å². The average Bonchev–Trinajstić information content (AvgIpc) is 3.29. The summed E-state index contributed by atoms with van der Waals surface area (Å²) in [6, 6.07) is 8.67. The van der Waals surface area contributed by atoms with Crippen molar-refractivity contribution in [2.75, 3.05) is 19.6 Å². The maximum absolute atomic E-state index is 14.2. The summed E-state index contributed by atoms with van der Waals surface area (Å²) in [7, 11) is 0. The predicted molar refractivity (Wildman–Crippen MR) is 152 cm³/mol. The molecule has 1 aromatic heterocycles. The Hall–Kier alpha value is -3.86. The third-order valence-electron chi connectivity index (χ3n) is 7.26. The summed E-state index contributed by atoms with van der Waals surface area (Å²) >= 11 is 5.80. The van der Waals surface area contributed by atoms with E-state index in [0.717, 1.165) is 4.90 Å². The zero-order valence-electron chi connectivity index (χ0n) is 23.6. The number of halogens is 4. The smallest absolute Gasteiger partial charge is 0.265 e. The molecule has 3 amide bonds. The van der Waals surface area contributed by atoms with Crippen molar-refractivity contribution in [1.29, 1.82) is 0 Å². The van der Waals surface area contributed by atoms with E-state index < -0.39 is 36.0 Å². The molecular weight excluding hydrogens is 573 g/mol. The van der Waals surface area contributed by atoms with Gasteiger partial charge >= 0.3 is 0 Å². The normalized spacial score (nSPS) is 14.7. The highest BCUT2D eigenvalue weighted by Crippen LogP contribution is 2.29. The zero-order valence-corrected chi connectivity index (χ0v) is 24.3. The van der Waals surface area contributed by atoms with Crippen LogP contribution >= 0.6 is 11.6 Å². The van der Waals surface area contributed by atoms with Crippen LogP contribution in [0.15, 0.2) is 42.6 Å². The quantitative estimate of drug-likeness (QED) is 0.346. The lowest BCUT2D eigenvalue weighted by Gasteiger charge is -2.32. The van der Waals surface area contributed by atoms with E-state index in [1.54, 1.807) is 30.5 Å². The Morgan fingerprint density at radius 2 is 1.88 bits per heavy atom. The summed E-state index contributed by atoms with van der Waals surface area (Å²) in [5.41, 5.74) is 1.15. The number of alkyl halides is 2. The number of amides is 3. The van der Waals surface area contributed by atoms with Crippen molar-refractivity contribution in [2.45, 2.75) is 58.7 Å². The van der Waals surface area contributed by atoms with E-state index in [1.807, 2.05) is 0 Å². The van der Waals surface area contributed by atoms with Gasteiger partial charge in [0.05, 0.1) is 18.1 Å². The summed E-state index contributed by atoms with van der Waals surface area (Å²) < 4.78 is 43.5. The van der Waals surface area contributed by atoms with Gasteiger partial charge < -0.3 is 19.7 Å². The van der Waals surface area contributed by atoms with Crippen molar-refractivity contribution >= 4 is 46.0 Å². The van der Waals surface area contributed by atoms with Gasteiger partial charge in [-0.3, -0.25) is 19.2 Å². The molecule has 0 atom stereocenters. The number of carbonyl (C=O) groups excluding carboxylic acids is 4. The van der Waals surface area contributed by atoms with Crippen LogP contribution in [0.1, 0.15) is 59.9 Å². The number of fused-ring (bicyclic) bond motifs is 1. The number of aromatic nitrogens is 1. The number of nitrogens with one attached hydrogen (secondary N) is 1. The number of hydrogen-bond donors (Lipinski definition) is 1. The van der Waals surface area contributed by atoms with Gasteiger partial charge in [0, 0.05) is 59.3 Å². The molecule has 224 valence electrons. The van der Waals surface area contributed by atoms with Crippen LogP contribution in [0.5, 0.6) is 0 Å². The first-order chi connectivity index (χ1) is 19.8. The zero-order chi connectivity index (χ0) is 30.8. The van der Waals surface area contributed by atoms with E-state index in [1.165, 1.54) is 42.3 Å².